The highest BCUT2D eigenvalue weighted by atomic mass is 16.1. The Bertz CT molecular complexity index is 356. The maximum absolute atomic E-state index is 11.3. The fraction of sp³-hybridized carbons (Fsp3) is 0.600. The predicted octanol–water partition coefficient (Wildman–Crippen LogP) is 0.253. The van der Waals surface area contributed by atoms with Crippen LogP contribution in [0.4, 0.5) is 0 Å². The van der Waals surface area contributed by atoms with Crippen LogP contribution in [0.1, 0.15) is 31.1 Å². The largest absolute Gasteiger partial charge is 0.368 e. The second kappa shape index (κ2) is 4.44. The van der Waals surface area contributed by atoms with Crippen LogP contribution in [-0.4, -0.2) is 21.7 Å². The van der Waals surface area contributed by atoms with Gasteiger partial charge in [-0.15, -0.1) is 0 Å². The zero-order valence-electron chi connectivity index (χ0n) is 9.61. The van der Waals surface area contributed by atoms with Crippen molar-refractivity contribution in [1.82, 2.24) is 15.1 Å². The topological polar surface area (TPSA) is 72.9 Å². The number of nitrogens with one attached hydrogen (secondary N) is 1. The van der Waals surface area contributed by atoms with E-state index in [9.17, 15) is 4.79 Å². The van der Waals surface area contributed by atoms with Gasteiger partial charge in [-0.05, 0) is 20.8 Å². The first kappa shape index (κ1) is 11.7. The number of primary amides is 1. The molecule has 0 aromatic carbocycles. The van der Waals surface area contributed by atoms with E-state index in [0.717, 1.165) is 11.3 Å². The summed E-state index contributed by atoms with van der Waals surface area (Å²) in [5.41, 5.74) is 7.15. The molecule has 1 aromatic rings. The number of rotatable bonds is 4. The second-order valence-electron chi connectivity index (χ2n) is 3.97. The maximum atomic E-state index is 11.3. The Morgan fingerprint density at radius 2 is 2.20 bits per heavy atom. The van der Waals surface area contributed by atoms with Gasteiger partial charge in [0.15, 0.2) is 0 Å². The van der Waals surface area contributed by atoms with Gasteiger partial charge in [-0.3, -0.25) is 14.8 Å². The molecule has 1 unspecified atom stereocenters. The van der Waals surface area contributed by atoms with Crippen LogP contribution < -0.4 is 11.1 Å². The minimum Gasteiger partial charge on any atom is -0.368 e. The van der Waals surface area contributed by atoms with Gasteiger partial charge in [0.2, 0.25) is 5.91 Å². The molecule has 0 fully saturated rings. The first-order valence-corrected chi connectivity index (χ1v) is 4.97. The van der Waals surface area contributed by atoms with Crippen molar-refractivity contribution in [3.63, 3.8) is 0 Å². The van der Waals surface area contributed by atoms with Crippen LogP contribution in [-0.2, 0) is 11.8 Å². The van der Waals surface area contributed by atoms with Gasteiger partial charge >= 0.3 is 0 Å². The Balaban J connectivity index is 2.99. The molecule has 0 aliphatic carbocycles. The van der Waals surface area contributed by atoms with Gasteiger partial charge in [0.1, 0.15) is 6.04 Å². The first-order chi connectivity index (χ1) is 6.93. The van der Waals surface area contributed by atoms with E-state index < -0.39 is 6.04 Å². The smallest absolute Gasteiger partial charge is 0.239 e. The molecule has 3 N–H and O–H groups in total. The summed E-state index contributed by atoms with van der Waals surface area (Å²) in [4.78, 5) is 11.3. The molecule has 0 saturated heterocycles. The van der Waals surface area contributed by atoms with E-state index in [-0.39, 0.29) is 11.9 Å². The summed E-state index contributed by atoms with van der Waals surface area (Å²) < 4.78 is 1.73. The van der Waals surface area contributed by atoms with Crippen LogP contribution in [0, 0.1) is 6.92 Å². The summed E-state index contributed by atoms with van der Waals surface area (Å²) in [6, 6.07) is -0.263. The first-order valence-electron chi connectivity index (χ1n) is 4.97. The molecule has 1 amide bonds. The lowest BCUT2D eigenvalue weighted by Gasteiger charge is -2.17. The second-order valence-corrected chi connectivity index (χ2v) is 3.97. The third kappa shape index (κ3) is 2.56. The van der Waals surface area contributed by atoms with Gasteiger partial charge in [0, 0.05) is 24.3 Å². The average molecular weight is 210 g/mol. The van der Waals surface area contributed by atoms with Crippen LogP contribution in [0.3, 0.4) is 0 Å². The molecular weight excluding hydrogens is 192 g/mol. The number of hydrogen-bond acceptors (Lipinski definition) is 3. The average Bonchev–Trinajstić information content (AvgIpc) is 2.44. The Kier molecular flexibility index (Phi) is 3.47. The number of aryl methyl sites for hydroxylation is 1. The molecular formula is C10H18N4O. The number of amides is 1. The molecule has 5 nitrogen and oxygen atoms in total. The van der Waals surface area contributed by atoms with E-state index in [1.807, 2.05) is 27.8 Å². The van der Waals surface area contributed by atoms with Crippen LogP contribution in [0.15, 0.2) is 6.20 Å². The van der Waals surface area contributed by atoms with Crippen LogP contribution >= 0.6 is 0 Å². The maximum Gasteiger partial charge on any atom is 0.239 e. The Hall–Kier alpha value is -1.36. The standard InChI is InChI=1S/C10H18N4O/c1-6(2)13-9(10(11)15)8-5-12-14(4)7(8)3/h5-6,9,13H,1-4H3,(H2,11,15). The number of hydrogen-bond donors (Lipinski definition) is 2. The van der Waals surface area contributed by atoms with Crippen molar-refractivity contribution in [1.29, 1.82) is 0 Å². The summed E-state index contributed by atoms with van der Waals surface area (Å²) in [5, 5.41) is 7.22. The van der Waals surface area contributed by atoms with E-state index in [1.165, 1.54) is 0 Å². The molecule has 1 aromatic heterocycles. The molecule has 0 radical (unpaired) electrons. The number of carbonyl (C=O) groups is 1. The number of aromatic nitrogens is 2. The molecule has 1 heterocycles. The third-order valence-corrected chi connectivity index (χ3v) is 2.37. The summed E-state index contributed by atoms with van der Waals surface area (Å²) in [7, 11) is 1.84. The molecule has 1 rings (SSSR count). The fourth-order valence-electron chi connectivity index (χ4n) is 1.46. The van der Waals surface area contributed by atoms with Gasteiger partial charge in [-0.1, -0.05) is 0 Å². The fourth-order valence-corrected chi connectivity index (χ4v) is 1.46. The molecule has 0 aliphatic rings. The van der Waals surface area contributed by atoms with Gasteiger partial charge in [0.25, 0.3) is 0 Å². The van der Waals surface area contributed by atoms with E-state index in [0.29, 0.717) is 0 Å². The lowest BCUT2D eigenvalue weighted by Crippen LogP contribution is -2.37. The van der Waals surface area contributed by atoms with E-state index in [1.54, 1.807) is 10.9 Å². The van der Waals surface area contributed by atoms with Gasteiger partial charge in [-0.2, -0.15) is 5.10 Å². The Labute approximate surface area is 89.6 Å². The van der Waals surface area contributed by atoms with E-state index in [2.05, 4.69) is 10.4 Å². The van der Waals surface area contributed by atoms with Crippen molar-refractivity contribution in [2.45, 2.75) is 32.9 Å². The molecule has 0 saturated carbocycles. The predicted molar refractivity (Wildman–Crippen MR) is 58.2 cm³/mol. The summed E-state index contributed by atoms with van der Waals surface area (Å²) >= 11 is 0. The Morgan fingerprint density at radius 1 is 1.60 bits per heavy atom. The Morgan fingerprint density at radius 3 is 2.53 bits per heavy atom. The molecule has 84 valence electrons. The van der Waals surface area contributed by atoms with Crippen molar-refractivity contribution in [2.24, 2.45) is 12.8 Å². The third-order valence-electron chi connectivity index (χ3n) is 2.37. The van der Waals surface area contributed by atoms with Crippen molar-refractivity contribution in [3.8, 4) is 0 Å². The van der Waals surface area contributed by atoms with E-state index >= 15 is 0 Å². The monoisotopic (exact) mass is 210 g/mol. The normalized spacial score (nSPS) is 13.1. The van der Waals surface area contributed by atoms with Crippen LogP contribution in [0.2, 0.25) is 0 Å². The van der Waals surface area contributed by atoms with Gasteiger partial charge in [-0.25, -0.2) is 0 Å². The van der Waals surface area contributed by atoms with Crippen LogP contribution in [0.5, 0.6) is 0 Å². The molecule has 5 heteroatoms. The van der Waals surface area contributed by atoms with Crippen molar-refractivity contribution < 1.29 is 4.79 Å². The highest BCUT2D eigenvalue weighted by molar-refractivity contribution is 5.81. The minimum atomic E-state index is -0.460. The van der Waals surface area contributed by atoms with Gasteiger partial charge in [0.05, 0.1) is 6.20 Å². The molecule has 1 atom stereocenters. The number of nitrogens with two attached hydrogens (primary N) is 1. The van der Waals surface area contributed by atoms with Crippen LogP contribution in [0.25, 0.3) is 0 Å². The minimum absolute atomic E-state index is 0.196. The van der Waals surface area contributed by atoms with Gasteiger partial charge < -0.3 is 5.73 Å². The highest BCUT2D eigenvalue weighted by Crippen LogP contribution is 2.16. The van der Waals surface area contributed by atoms with Crippen molar-refractivity contribution >= 4 is 5.91 Å². The molecule has 0 bridgehead atoms. The lowest BCUT2D eigenvalue weighted by molar-refractivity contribution is -0.120. The van der Waals surface area contributed by atoms with Crippen molar-refractivity contribution in [2.75, 3.05) is 0 Å². The lowest BCUT2D eigenvalue weighted by atomic mass is 10.1. The quantitative estimate of drug-likeness (QED) is 0.748. The zero-order valence-corrected chi connectivity index (χ0v) is 9.61. The van der Waals surface area contributed by atoms with E-state index in [4.69, 9.17) is 5.73 Å². The zero-order chi connectivity index (χ0) is 11.6. The molecule has 0 aliphatic heterocycles. The van der Waals surface area contributed by atoms with Crippen molar-refractivity contribution in [3.05, 3.63) is 17.5 Å². The number of nitrogens with zero attached hydrogens (tertiary/aromatic N) is 2. The number of carbonyl (C=O) groups excluding carboxylic acids is 1. The SMILES string of the molecule is Cc1c(C(NC(C)C)C(N)=O)cnn1C. The molecule has 0 spiro atoms. The summed E-state index contributed by atoms with van der Waals surface area (Å²) in [6.45, 7) is 5.86. The summed E-state index contributed by atoms with van der Waals surface area (Å²) in [5.74, 6) is -0.375. The summed E-state index contributed by atoms with van der Waals surface area (Å²) in [6.07, 6.45) is 1.68. The highest BCUT2D eigenvalue weighted by Gasteiger charge is 2.22. The molecule has 15 heavy (non-hydrogen) atoms.